The molecule has 0 aliphatic carbocycles. The number of hydrogen-bond donors (Lipinski definition) is 1. The zero-order valence-electron chi connectivity index (χ0n) is 11.1. The molecule has 19 heavy (non-hydrogen) atoms. The monoisotopic (exact) mass is 321 g/mol. The number of halogens is 2. The molecule has 3 heteroatoms. The second kappa shape index (κ2) is 6.31. The van der Waals surface area contributed by atoms with Gasteiger partial charge in [0.2, 0.25) is 0 Å². The quantitative estimate of drug-likeness (QED) is 0.880. The van der Waals surface area contributed by atoms with Crippen molar-refractivity contribution in [3.05, 3.63) is 69.4 Å². The molecule has 0 saturated carbocycles. The van der Waals surface area contributed by atoms with Crippen LogP contribution >= 0.6 is 15.9 Å². The number of nitrogens with one attached hydrogen (secondary N) is 1. The van der Waals surface area contributed by atoms with E-state index in [-0.39, 0.29) is 11.9 Å². The first kappa shape index (κ1) is 14.2. The van der Waals surface area contributed by atoms with Crippen LogP contribution in [0.25, 0.3) is 0 Å². The van der Waals surface area contributed by atoms with Gasteiger partial charge in [0.05, 0.1) is 0 Å². The van der Waals surface area contributed by atoms with E-state index in [1.165, 1.54) is 17.2 Å². The van der Waals surface area contributed by atoms with Crippen LogP contribution in [-0.2, 0) is 6.42 Å². The fraction of sp³-hybridized carbons (Fsp3) is 0.250. The van der Waals surface area contributed by atoms with Gasteiger partial charge in [-0.1, -0.05) is 40.2 Å². The first-order chi connectivity index (χ1) is 9.10. The minimum atomic E-state index is -0.205. The van der Waals surface area contributed by atoms with E-state index in [1.807, 2.05) is 25.2 Å². The molecule has 0 saturated heterocycles. The van der Waals surface area contributed by atoms with Crippen molar-refractivity contribution in [2.45, 2.75) is 19.4 Å². The van der Waals surface area contributed by atoms with Crippen LogP contribution in [-0.4, -0.2) is 7.05 Å². The van der Waals surface area contributed by atoms with Crippen LogP contribution in [0.15, 0.2) is 46.9 Å². The lowest BCUT2D eigenvalue weighted by Gasteiger charge is -2.19. The minimum absolute atomic E-state index is 0.190. The Morgan fingerprint density at radius 2 is 1.95 bits per heavy atom. The highest BCUT2D eigenvalue weighted by Gasteiger charge is 2.13. The average molecular weight is 322 g/mol. The highest BCUT2D eigenvalue weighted by Crippen LogP contribution is 2.23. The summed E-state index contributed by atoms with van der Waals surface area (Å²) in [6.45, 7) is 2.10. The van der Waals surface area contributed by atoms with Crippen LogP contribution in [0.1, 0.15) is 22.7 Å². The molecular weight excluding hydrogens is 305 g/mol. The molecule has 0 aliphatic heterocycles. The first-order valence-corrected chi connectivity index (χ1v) is 7.07. The summed E-state index contributed by atoms with van der Waals surface area (Å²) in [7, 11) is 1.94. The Kier molecular flexibility index (Phi) is 4.72. The van der Waals surface area contributed by atoms with E-state index >= 15 is 0 Å². The van der Waals surface area contributed by atoms with Crippen molar-refractivity contribution in [2.75, 3.05) is 7.05 Å². The van der Waals surface area contributed by atoms with Crippen molar-refractivity contribution < 1.29 is 4.39 Å². The Morgan fingerprint density at radius 3 is 2.58 bits per heavy atom. The Hall–Kier alpha value is -1.19. The maximum absolute atomic E-state index is 13.4. The van der Waals surface area contributed by atoms with Crippen molar-refractivity contribution in [1.29, 1.82) is 0 Å². The molecule has 100 valence electrons. The van der Waals surface area contributed by atoms with E-state index in [2.05, 4.69) is 40.3 Å². The molecule has 0 fully saturated rings. The molecule has 2 aromatic carbocycles. The number of benzene rings is 2. The summed E-state index contributed by atoms with van der Waals surface area (Å²) < 4.78 is 14.2. The van der Waals surface area contributed by atoms with Gasteiger partial charge in [-0.05, 0) is 55.3 Å². The third-order valence-electron chi connectivity index (χ3n) is 3.27. The molecule has 1 N–H and O–H groups in total. The molecule has 0 amide bonds. The highest BCUT2D eigenvalue weighted by atomic mass is 79.9. The number of aryl methyl sites for hydroxylation is 1. The van der Waals surface area contributed by atoms with Gasteiger partial charge in [0.15, 0.2) is 0 Å². The standard InChI is InChI=1S/C16H17BrFN/c1-11-5-3-4-6-15(11)16(19-2)9-12-7-13(17)10-14(18)8-12/h3-8,10,16,19H,9H2,1-2H3. The van der Waals surface area contributed by atoms with Gasteiger partial charge in [0.25, 0.3) is 0 Å². The fourth-order valence-corrected chi connectivity index (χ4v) is 2.82. The second-order valence-corrected chi connectivity index (χ2v) is 5.60. The van der Waals surface area contributed by atoms with Crippen molar-refractivity contribution in [2.24, 2.45) is 0 Å². The summed E-state index contributed by atoms with van der Waals surface area (Å²) in [4.78, 5) is 0. The molecule has 1 nitrogen and oxygen atoms in total. The zero-order chi connectivity index (χ0) is 13.8. The Bertz CT molecular complexity index is 548. The molecule has 0 radical (unpaired) electrons. The number of likely N-dealkylation sites (N-methyl/N-ethyl adjacent to an activating group) is 1. The van der Waals surface area contributed by atoms with E-state index in [4.69, 9.17) is 0 Å². The molecular formula is C16H17BrFN. The minimum Gasteiger partial charge on any atom is -0.313 e. The highest BCUT2D eigenvalue weighted by molar-refractivity contribution is 9.10. The number of rotatable bonds is 4. The molecule has 2 aromatic rings. The summed E-state index contributed by atoms with van der Waals surface area (Å²) in [6.07, 6.45) is 0.762. The first-order valence-electron chi connectivity index (χ1n) is 6.28. The summed E-state index contributed by atoms with van der Waals surface area (Å²) >= 11 is 3.34. The lowest BCUT2D eigenvalue weighted by molar-refractivity contribution is 0.581. The maximum Gasteiger partial charge on any atom is 0.124 e. The summed E-state index contributed by atoms with van der Waals surface area (Å²) in [5, 5.41) is 3.31. The van der Waals surface area contributed by atoms with Crippen molar-refractivity contribution in [1.82, 2.24) is 5.32 Å². The van der Waals surface area contributed by atoms with Gasteiger partial charge in [0, 0.05) is 10.5 Å². The SMILES string of the molecule is CNC(Cc1cc(F)cc(Br)c1)c1ccccc1C. The fourth-order valence-electron chi connectivity index (χ4n) is 2.31. The van der Waals surface area contributed by atoms with E-state index in [0.717, 1.165) is 16.5 Å². The molecule has 1 unspecified atom stereocenters. The van der Waals surface area contributed by atoms with Crippen LogP contribution in [0.5, 0.6) is 0 Å². The molecule has 0 aromatic heterocycles. The summed E-state index contributed by atoms with van der Waals surface area (Å²) in [5.74, 6) is -0.205. The van der Waals surface area contributed by atoms with Crippen molar-refractivity contribution >= 4 is 15.9 Å². The normalized spacial score (nSPS) is 12.4. The van der Waals surface area contributed by atoms with Gasteiger partial charge in [0.1, 0.15) is 5.82 Å². The van der Waals surface area contributed by atoms with Crippen molar-refractivity contribution in [3.63, 3.8) is 0 Å². The van der Waals surface area contributed by atoms with Gasteiger partial charge in [-0.2, -0.15) is 0 Å². The smallest absolute Gasteiger partial charge is 0.124 e. The molecule has 2 rings (SSSR count). The molecule has 0 aliphatic rings. The second-order valence-electron chi connectivity index (χ2n) is 4.68. The van der Waals surface area contributed by atoms with Crippen LogP contribution < -0.4 is 5.32 Å². The Labute approximate surface area is 122 Å². The molecule has 0 spiro atoms. The summed E-state index contributed by atoms with van der Waals surface area (Å²) in [5.41, 5.74) is 3.48. The van der Waals surface area contributed by atoms with Crippen LogP contribution in [0.4, 0.5) is 4.39 Å². The number of hydrogen-bond acceptors (Lipinski definition) is 1. The van der Waals surface area contributed by atoms with Crippen LogP contribution in [0, 0.1) is 12.7 Å². The molecule has 1 atom stereocenters. The average Bonchev–Trinajstić information content (AvgIpc) is 2.36. The Balaban J connectivity index is 2.26. The van der Waals surface area contributed by atoms with E-state index < -0.39 is 0 Å². The topological polar surface area (TPSA) is 12.0 Å². The third kappa shape index (κ3) is 3.64. The van der Waals surface area contributed by atoms with E-state index in [1.54, 1.807) is 6.07 Å². The lowest BCUT2D eigenvalue weighted by atomic mass is 9.95. The third-order valence-corrected chi connectivity index (χ3v) is 3.73. The van der Waals surface area contributed by atoms with Gasteiger partial charge in [-0.15, -0.1) is 0 Å². The van der Waals surface area contributed by atoms with Crippen LogP contribution in [0.3, 0.4) is 0 Å². The predicted molar refractivity (Wildman–Crippen MR) is 80.8 cm³/mol. The zero-order valence-corrected chi connectivity index (χ0v) is 12.7. The predicted octanol–water partition coefficient (Wildman–Crippen LogP) is 4.40. The summed E-state index contributed by atoms with van der Waals surface area (Å²) in [6, 6.07) is 13.5. The lowest BCUT2D eigenvalue weighted by Crippen LogP contribution is -2.19. The van der Waals surface area contributed by atoms with E-state index in [9.17, 15) is 4.39 Å². The van der Waals surface area contributed by atoms with Gasteiger partial charge in [-0.3, -0.25) is 0 Å². The van der Waals surface area contributed by atoms with Crippen molar-refractivity contribution in [3.8, 4) is 0 Å². The van der Waals surface area contributed by atoms with Gasteiger partial charge < -0.3 is 5.32 Å². The Morgan fingerprint density at radius 1 is 1.21 bits per heavy atom. The molecule has 0 bridgehead atoms. The maximum atomic E-state index is 13.4. The van der Waals surface area contributed by atoms with Gasteiger partial charge >= 0.3 is 0 Å². The largest absolute Gasteiger partial charge is 0.313 e. The van der Waals surface area contributed by atoms with Crippen LogP contribution in [0.2, 0.25) is 0 Å². The van der Waals surface area contributed by atoms with E-state index in [0.29, 0.717) is 0 Å². The van der Waals surface area contributed by atoms with Gasteiger partial charge in [-0.25, -0.2) is 4.39 Å². The molecule has 0 heterocycles.